The van der Waals surface area contributed by atoms with E-state index in [0.717, 1.165) is 17.8 Å². The van der Waals surface area contributed by atoms with E-state index in [1.54, 1.807) is 11.8 Å². The van der Waals surface area contributed by atoms with Crippen molar-refractivity contribution >= 4 is 33.2 Å². The van der Waals surface area contributed by atoms with Gasteiger partial charge in [-0.05, 0) is 25.0 Å². The van der Waals surface area contributed by atoms with Crippen LogP contribution in [-0.4, -0.2) is 60.3 Å². The van der Waals surface area contributed by atoms with Gasteiger partial charge in [0, 0.05) is 26.1 Å². The first kappa shape index (κ1) is 15.4. The highest BCUT2D eigenvalue weighted by molar-refractivity contribution is 7.91. The standard InChI is InChI=1S/C13H16N2O5S2/c1-8-5-11(21-12(8)13(17)18)22(19,20)14-6-9(7-14)15-4-2-3-10(15)16/h5,9H,2-4,6-7H2,1H3,(H,17,18). The van der Waals surface area contributed by atoms with Gasteiger partial charge in [0.15, 0.2) is 0 Å². The summed E-state index contributed by atoms with van der Waals surface area (Å²) in [7, 11) is -3.67. The van der Waals surface area contributed by atoms with E-state index >= 15 is 0 Å². The Morgan fingerprint density at radius 3 is 2.59 bits per heavy atom. The number of rotatable bonds is 4. The minimum atomic E-state index is -3.67. The SMILES string of the molecule is Cc1cc(S(=O)(=O)N2CC(N3CCCC3=O)C2)sc1C(=O)O. The molecule has 120 valence electrons. The van der Waals surface area contributed by atoms with E-state index in [1.165, 1.54) is 10.4 Å². The van der Waals surface area contributed by atoms with E-state index in [0.29, 0.717) is 18.5 Å². The molecule has 9 heteroatoms. The van der Waals surface area contributed by atoms with Crippen molar-refractivity contribution in [3.05, 3.63) is 16.5 Å². The van der Waals surface area contributed by atoms with Gasteiger partial charge in [0.05, 0.1) is 6.04 Å². The highest BCUT2D eigenvalue weighted by Gasteiger charge is 2.43. The molecule has 0 unspecified atom stereocenters. The van der Waals surface area contributed by atoms with Crippen LogP contribution in [0.15, 0.2) is 10.3 Å². The Labute approximate surface area is 132 Å². The molecule has 2 aliphatic heterocycles. The predicted molar refractivity (Wildman–Crippen MR) is 79.5 cm³/mol. The molecule has 3 heterocycles. The third kappa shape index (κ3) is 2.42. The Kier molecular flexibility index (Phi) is 3.74. The molecule has 0 aliphatic carbocycles. The van der Waals surface area contributed by atoms with Crippen molar-refractivity contribution in [1.29, 1.82) is 0 Å². The van der Waals surface area contributed by atoms with Crippen molar-refractivity contribution in [3.63, 3.8) is 0 Å². The monoisotopic (exact) mass is 344 g/mol. The first-order valence-corrected chi connectivity index (χ1v) is 9.19. The van der Waals surface area contributed by atoms with Gasteiger partial charge in [0.1, 0.15) is 9.09 Å². The van der Waals surface area contributed by atoms with Crippen molar-refractivity contribution < 1.29 is 23.1 Å². The topological polar surface area (TPSA) is 95.0 Å². The summed E-state index contributed by atoms with van der Waals surface area (Å²) in [6.45, 7) is 2.85. The Morgan fingerprint density at radius 2 is 2.09 bits per heavy atom. The number of aryl methyl sites for hydroxylation is 1. The van der Waals surface area contributed by atoms with Gasteiger partial charge in [-0.15, -0.1) is 11.3 Å². The lowest BCUT2D eigenvalue weighted by atomic mass is 10.1. The smallest absolute Gasteiger partial charge is 0.346 e. The molecule has 1 aromatic rings. The molecule has 0 bridgehead atoms. The van der Waals surface area contributed by atoms with E-state index in [-0.39, 0.29) is 34.1 Å². The molecule has 2 fully saturated rings. The summed E-state index contributed by atoms with van der Waals surface area (Å²) in [5.41, 5.74) is 0.447. The lowest BCUT2D eigenvalue weighted by Crippen LogP contribution is -2.61. The second kappa shape index (κ2) is 5.32. The van der Waals surface area contributed by atoms with Gasteiger partial charge in [0.2, 0.25) is 5.91 Å². The zero-order chi connectivity index (χ0) is 16.1. The molecule has 0 atom stereocenters. The number of likely N-dealkylation sites (tertiary alicyclic amines) is 1. The Balaban J connectivity index is 1.74. The molecule has 2 aliphatic rings. The number of sulfonamides is 1. The molecule has 22 heavy (non-hydrogen) atoms. The first-order chi connectivity index (χ1) is 10.3. The van der Waals surface area contributed by atoms with Gasteiger partial charge in [-0.1, -0.05) is 0 Å². The molecule has 7 nitrogen and oxygen atoms in total. The Bertz CT molecular complexity index is 734. The zero-order valence-electron chi connectivity index (χ0n) is 12.0. The van der Waals surface area contributed by atoms with Crippen molar-refractivity contribution in [2.45, 2.75) is 30.0 Å². The number of hydrogen-bond donors (Lipinski definition) is 1. The number of thiophene rings is 1. The van der Waals surface area contributed by atoms with Crippen LogP contribution in [0.5, 0.6) is 0 Å². The zero-order valence-corrected chi connectivity index (χ0v) is 13.6. The number of aromatic carboxylic acids is 1. The van der Waals surface area contributed by atoms with Crippen molar-refractivity contribution in [3.8, 4) is 0 Å². The van der Waals surface area contributed by atoms with Crippen LogP contribution in [0.4, 0.5) is 0 Å². The third-order valence-electron chi connectivity index (χ3n) is 4.06. The predicted octanol–water partition coefficient (Wildman–Crippen LogP) is 0.750. The highest BCUT2D eigenvalue weighted by atomic mass is 32.2. The molecule has 0 spiro atoms. The summed E-state index contributed by atoms with van der Waals surface area (Å²) in [6, 6.07) is 1.35. The number of carboxylic acids is 1. The van der Waals surface area contributed by atoms with E-state index in [2.05, 4.69) is 0 Å². The van der Waals surface area contributed by atoms with Crippen LogP contribution in [0, 0.1) is 6.92 Å². The minimum Gasteiger partial charge on any atom is -0.477 e. The summed E-state index contributed by atoms with van der Waals surface area (Å²) in [4.78, 5) is 24.5. The first-order valence-electron chi connectivity index (χ1n) is 6.94. The fourth-order valence-corrected chi connectivity index (χ4v) is 5.83. The number of carbonyl (C=O) groups is 2. The van der Waals surface area contributed by atoms with Gasteiger partial charge >= 0.3 is 5.97 Å². The summed E-state index contributed by atoms with van der Waals surface area (Å²) in [5, 5.41) is 9.03. The van der Waals surface area contributed by atoms with Gasteiger partial charge in [-0.25, -0.2) is 13.2 Å². The summed E-state index contributed by atoms with van der Waals surface area (Å²) in [6.07, 6.45) is 1.36. The van der Waals surface area contributed by atoms with E-state index < -0.39 is 16.0 Å². The minimum absolute atomic E-state index is 0.0466. The lowest BCUT2D eigenvalue weighted by molar-refractivity contribution is -0.131. The van der Waals surface area contributed by atoms with E-state index in [4.69, 9.17) is 5.11 Å². The maximum absolute atomic E-state index is 12.5. The Hall–Kier alpha value is -1.45. The number of hydrogen-bond acceptors (Lipinski definition) is 5. The Morgan fingerprint density at radius 1 is 1.41 bits per heavy atom. The highest BCUT2D eigenvalue weighted by Crippen LogP contribution is 2.32. The summed E-state index contributed by atoms with van der Waals surface area (Å²) in [5.74, 6) is -1.03. The molecule has 0 radical (unpaired) electrons. The van der Waals surface area contributed by atoms with E-state index in [9.17, 15) is 18.0 Å². The summed E-state index contributed by atoms with van der Waals surface area (Å²) >= 11 is 0.776. The quantitative estimate of drug-likeness (QED) is 0.870. The van der Waals surface area contributed by atoms with Crippen LogP contribution in [0.25, 0.3) is 0 Å². The average Bonchev–Trinajstić information content (AvgIpc) is 2.94. The molecular weight excluding hydrogens is 328 g/mol. The molecule has 0 saturated carbocycles. The second-order valence-electron chi connectivity index (χ2n) is 5.55. The molecule has 1 aromatic heterocycles. The third-order valence-corrected chi connectivity index (χ3v) is 7.57. The molecule has 1 N–H and O–H groups in total. The fourth-order valence-electron chi connectivity index (χ4n) is 2.78. The largest absolute Gasteiger partial charge is 0.477 e. The molecule has 1 amide bonds. The normalized spacial score (nSPS) is 20.4. The average molecular weight is 344 g/mol. The molecular formula is C13H16N2O5S2. The van der Waals surface area contributed by atoms with Gasteiger partial charge < -0.3 is 10.0 Å². The van der Waals surface area contributed by atoms with Crippen molar-refractivity contribution in [2.24, 2.45) is 0 Å². The van der Waals surface area contributed by atoms with Crippen LogP contribution < -0.4 is 0 Å². The molecule has 0 aromatic carbocycles. The van der Waals surface area contributed by atoms with Crippen molar-refractivity contribution in [2.75, 3.05) is 19.6 Å². The van der Waals surface area contributed by atoms with Crippen LogP contribution in [0.2, 0.25) is 0 Å². The van der Waals surface area contributed by atoms with Crippen LogP contribution in [0.1, 0.15) is 28.1 Å². The lowest BCUT2D eigenvalue weighted by Gasteiger charge is -2.42. The number of carboxylic acid groups (broad SMARTS) is 1. The maximum Gasteiger partial charge on any atom is 0.346 e. The van der Waals surface area contributed by atoms with Gasteiger partial charge in [-0.2, -0.15) is 4.31 Å². The number of amides is 1. The number of carbonyl (C=O) groups excluding carboxylic acids is 1. The van der Waals surface area contributed by atoms with Gasteiger partial charge in [0.25, 0.3) is 10.0 Å². The maximum atomic E-state index is 12.5. The molecule has 3 rings (SSSR count). The van der Waals surface area contributed by atoms with Gasteiger partial charge in [-0.3, -0.25) is 4.79 Å². The number of nitrogens with zero attached hydrogens (tertiary/aromatic N) is 2. The van der Waals surface area contributed by atoms with Crippen LogP contribution >= 0.6 is 11.3 Å². The molecule has 2 saturated heterocycles. The van der Waals surface area contributed by atoms with Crippen LogP contribution in [0.3, 0.4) is 0 Å². The second-order valence-corrected chi connectivity index (χ2v) is 8.77. The van der Waals surface area contributed by atoms with Crippen molar-refractivity contribution in [1.82, 2.24) is 9.21 Å². The van der Waals surface area contributed by atoms with E-state index in [1.807, 2.05) is 0 Å². The van der Waals surface area contributed by atoms with Crippen LogP contribution in [-0.2, 0) is 14.8 Å². The fraction of sp³-hybridized carbons (Fsp3) is 0.538. The summed E-state index contributed by atoms with van der Waals surface area (Å²) < 4.78 is 26.3.